The molecule has 5 rings (SSSR count). The van der Waals surface area contributed by atoms with E-state index in [-0.39, 0.29) is 18.1 Å². The Bertz CT molecular complexity index is 1330. The smallest absolute Gasteiger partial charge is 0.262 e. The first kappa shape index (κ1) is 22.4. The van der Waals surface area contributed by atoms with E-state index in [1.807, 2.05) is 31.2 Å². The molecule has 1 N–H and O–H groups in total. The minimum absolute atomic E-state index is 0.0183. The number of hydrazone groups is 1. The van der Waals surface area contributed by atoms with Crippen LogP contribution in [0.5, 0.6) is 0 Å². The zero-order chi connectivity index (χ0) is 23.7. The third-order valence-electron chi connectivity index (χ3n) is 5.75. The standard InChI is InChI=1S/C22H26N8O3S/c1-16-4-3-5-17(10-16)11-24-27-22-25-19-13-30(34(31,32)20-14-28(2)15-23-20)12-18(19)21(26-22)29-6-8-33-9-7-29/h3-5,10-11,14-15H,6-9,12-13H2,1-2H3,(H,25,26,27)/b24-11+. The lowest BCUT2D eigenvalue weighted by molar-refractivity contribution is 0.122. The van der Waals surface area contributed by atoms with Gasteiger partial charge in [0.2, 0.25) is 5.95 Å². The summed E-state index contributed by atoms with van der Waals surface area (Å²) in [5, 5.41) is 4.31. The van der Waals surface area contributed by atoms with Crippen molar-refractivity contribution in [2.45, 2.75) is 25.0 Å². The number of morpholine rings is 1. The van der Waals surface area contributed by atoms with Crippen LogP contribution in [0.2, 0.25) is 0 Å². The van der Waals surface area contributed by atoms with Crippen molar-refractivity contribution in [3.8, 4) is 0 Å². The van der Waals surface area contributed by atoms with Crippen LogP contribution >= 0.6 is 0 Å². The first-order valence-electron chi connectivity index (χ1n) is 11.0. The van der Waals surface area contributed by atoms with Crippen molar-refractivity contribution in [2.75, 3.05) is 36.6 Å². The molecule has 4 heterocycles. The van der Waals surface area contributed by atoms with E-state index in [0.717, 1.165) is 16.7 Å². The fourth-order valence-corrected chi connectivity index (χ4v) is 5.37. The maximum absolute atomic E-state index is 13.2. The Morgan fingerprint density at radius 3 is 2.74 bits per heavy atom. The molecule has 1 saturated heterocycles. The van der Waals surface area contributed by atoms with Gasteiger partial charge in [-0.3, -0.25) is 0 Å². The number of nitrogens with one attached hydrogen (secondary N) is 1. The van der Waals surface area contributed by atoms with Crippen molar-refractivity contribution >= 4 is 28.0 Å². The first-order valence-corrected chi connectivity index (χ1v) is 12.4. The fraction of sp³-hybridized carbons (Fsp3) is 0.364. The highest BCUT2D eigenvalue weighted by Gasteiger charge is 2.36. The molecule has 2 aliphatic heterocycles. The first-order chi connectivity index (χ1) is 16.4. The fourth-order valence-electron chi connectivity index (χ4n) is 4.04. The number of anilines is 2. The number of sulfonamides is 1. The number of hydrogen-bond donors (Lipinski definition) is 1. The van der Waals surface area contributed by atoms with E-state index in [1.54, 1.807) is 17.8 Å². The van der Waals surface area contributed by atoms with Gasteiger partial charge < -0.3 is 14.2 Å². The lowest BCUT2D eigenvalue weighted by Crippen LogP contribution is -2.37. The highest BCUT2D eigenvalue weighted by atomic mass is 32.2. The Kier molecular flexibility index (Phi) is 6.02. The number of nitrogens with zero attached hydrogens (tertiary/aromatic N) is 7. The Morgan fingerprint density at radius 2 is 2.00 bits per heavy atom. The molecule has 3 aromatic rings. The molecule has 178 valence electrons. The molecule has 12 heteroatoms. The molecule has 0 amide bonds. The van der Waals surface area contributed by atoms with Crippen molar-refractivity contribution < 1.29 is 13.2 Å². The molecule has 0 bridgehead atoms. The average Bonchev–Trinajstić information content (AvgIpc) is 3.46. The van der Waals surface area contributed by atoms with Crippen molar-refractivity contribution in [1.29, 1.82) is 0 Å². The molecule has 2 aromatic heterocycles. The molecule has 1 fully saturated rings. The van der Waals surface area contributed by atoms with Crippen LogP contribution in [-0.2, 0) is 34.9 Å². The summed E-state index contributed by atoms with van der Waals surface area (Å²) in [4.78, 5) is 15.4. The topological polar surface area (TPSA) is 118 Å². The summed E-state index contributed by atoms with van der Waals surface area (Å²) in [7, 11) is -2.02. The van der Waals surface area contributed by atoms with Crippen LogP contribution in [0.3, 0.4) is 0 Å². The van der Waals surface area contributed by atoms with Gasteiger partial charge >= 0.3 is 0 Å². The van der Waals surface area contributed by atoms with Gasteiger partial charge in [0.15, 0.2) is 5.03 Å². The van der Waals surface area contributed by atoms with Gasteiger partial charge in [0, 0.05) is 38.4 Å². The monoisotopic (exact) mass is 482 g/mol. The van der Waals surface area contributed by atoms with Gasteiger partial charge in [-0.2, -0.15) is 14.4 Å². The van der Waals surface area contributed by atoms with Crippen molar-refractivity contribution in [1.82, 2.24) is 23.8 Å². The summed E-state index contributed by atoms with van der Waals surface area (Å²) < 4.78 is 34.8. The third-order valence-corrected chi connectivity index (χ3v) is 7.43. The Balaban J connectivity index is 1.44. The van der Waals surface area contributed by atoms with Crippen molar-refractivity contribution in [3.63, 3.8) is 0 Å². The molecule has 0 spiro atoms. The van der Waals surface area contributed by atoms with E-state index >= 15 is 0 Å². The van der Waals surface area contributed by atoms with Crippen LogP contribution in [0.1, 0.15) is 22.4 Å². The van der Waals surface area contributed by atoms with Gasteiger partial charge in [-0.1, -0.05) is 29.8 Å². The maximum atomic E-state index is 13.2. The number of benzene rings is 1. The summed E-state index contributed by atoms with van der Waals surface area (Å²) in [6, 6.07) is 7.97. The molecular formula is C22H26N8O3S. The van der Waals surface area contributed by atoms with Crippen LogP contribution in [0.4, 0.5) is 11.8 Å². The van der Waals surface area contributed by atoms with Crippen LogP contribution in [-0.4, -0.2) is 64.8 Å². The molecule has 0 radical (unpaired) electrons. The zero-order valence-electron chi connectivity index (χ0n) is 19.0. The van der Waals surface area contributed by atoms with E-state index in [1.165, 1.54) is 16.8 Å². The lowest BCUT2D eigenvalue weighted by Gasteiger charge is -2.29. The van der Waals surface area contributed by atoms with Gasteiger partial charge in [0.05, 0.1) is 38.0 Å². The zero-order valence-corrected chi connectivity index (χ0v) is 19.9. The molecule has 0 saturated carbocycles. The third kappa shape index (κ3) is 4.52. The maximum Gasteiger partial charge on any atom is 0.262 e. The van der Waals surface area contributed by atoms with E-state index in [0.29, 0.717) is 43.8 Å². The van der Waals surface area contributed by atoms with Crippen LogP contribution in [0, 0.1) is 6.92 Å². The molecular weight excluding hydrogens is 456 g/mol. The highest BCUT2D eigenvalue weighted by molar-refractivity contribution is 7.89. The minimum Gasteiger partial charge on any atom is -0.378 e. The largest absolute Gasteiger partial charge is 0.378 e. The number of hydrogen-bond acceptors (Lipinski definition) is 9. The second-order valence-corrected chi connectivity index (χ2v) is 10.2. The SMILES string of the molecule is Cc1cccc(/C=N/Nc2nc3c(c(N4CCOCC4)n2)CN(S(=O)(=O)c2cn(C)cn2)C3)c1. The quantitative estimate of drug-likeness (QED) is 0.415. The van der Waals surface area contributed by atoms with E-state index in [2.05, 4.69) is 25.4 Å². The molecule has 0 unspecified atom stereocenters. The van der Waals surface area contributed by atoms with Gasteiger partial charge in [0.1, 0.15) is 5.82 Å². The molecule has 2 aliphatic rings. The summed E-state index contributed by atoms with van der Waals surface area (Å²) in [6.45, 7) is 4.86. The molecule has 11 nitrogen and oxygen atoms in total. The Hall–Kier alpha value is -3.35. The molecule has 0 aliphatic carbocycles. The summed E-state index contributed by atoms with van der Waals surface area (Å²) in [5.41, 5.74) is 6.47. The number of ether oxygens (including phenoxy) is 1. The number of fused-ring (bicyclic) bond motifs is 1. The lowest BCUT2D eigenvalue weighted by atomic mass is 10.2. The van der Waals surface area contributed by atoms with Gasteiger partial charge in [-0.05, 0) is 12.5 Å². The van der Waals surface area contributed by atoms with Crippen LogP contribution < -0.4 is 10.3 Å². The number of imidazole rings is 1. The Morgan fingerprint density at radius 1 is 1.18 bits per heavy atom. The Labute approximate surface area is 198 Å². The highest BCUT2D eigenvalue weighted by Crippen LogP contribution is 2.33. The predicted octanol–water partition coefficient (Wildman–Crippen LogP) is 1.51. The second kappa shape index (κ2) is 9.12. The van der Waals surface area contributed by atoms with Crippen molar-refractivity contribution in [3.05, 3.63) is 59.2 Å². The summed E-state index contributed by atoms with van der Waals surface area (Å²) in [6.07, 6.45) is 4.68. The van der Waals surface area contributed by atoms with Gasteiger partial charge in [-0.25, -0.2) is 23.8 Å². The predicted molar refractivity (Wildman–Crippen MR) is 127 cm³/mol. The van der Waals surface area contributed by atoms with Gasteiger partial charge in [-0.15, -0.1) is 0 Å². The summed E-state index contributed by atoms with van der Waals surface area (Å²) >= 11 is 0. The molecule has 1 aromatic carbocycles. The normalized spacial score (nSPS) is 16.8. The number of rotatable bonds is 6. The van der Waals surface area contributed by atoms with E-state index in [4.69, 9.17) is 9.72 Å². The van der Waals surface area contributed by atoms with Gasteiger partial charge in [0.25, 0.3) is 10.0 Å². The van der Waals surface area contributed by atoms with Crippen LogP contribution in [0.25, 0.3) is 0 Å². The second-order valence-electron chi connectivity index (χ2n) is 8.33. The van der Waals surface area contributed by atoms with Crippen molar-refractivity contribution in [2.24, 2.45) is 12.1 Å². The van der Waals surface area contributed by atoms with Crippen LogP contribution in [0.15, 0.2) is 46.9 Å². The van der Waals surface area contributed by atoms with E-state index in [9.17, 15) is 8.42 Å². The molecule has 34 heavy (non-hydrogen) atoms. The van der Waals surface area contributed by atoms with E-state index < -0.39 is 10.0 Å². The molecule has 0 atom stereocenters. The number of aromatic nitrogens is 4. The summed E-state index contributed by atoms with van der Waals surface area (Å²) in [5.74, 6) is 1.03. The average molecular weight is 483 g/mol. The minimum atomic E-state index is -3.76. The number of aryl methyl sites for hydroxylation is 2.